The van der Waals surface area contributed by atoms with Crippen LogP contribution in [0.5, 0.6) is 5.75 Å². The Morgan fingerprint density at radius 3 is 2.35 bits per heavy atom. The Bertz CT molecular complexity index is 571. The summed E-state index contributed by atoms with van der Waals surface area (Å²) in [6.45, 7) is 2.80. The fourth-order valence-electron chi connectivity index (χ4n) is 2.15. The molecule has 2 aromatic rings. The lowest BCUT2D eigenvalue weighted by Crippen LogP contribution is -2.22. The number of benzene rings is 2. The minimum atomic E-state index is -0.359. The van der Waals surface area contributed by atoms with Crippen LogP contribution in [0.15, 0.2) is 42.5 Å². The average Bonchev–Trinajstić information content (AvgIpc) is 2.46. The van der Waals surface area contributed by atoms with Crippen molar-refractivity contribution in [2.45, 2.75) is 13.0 Å². The van der Waals surface area contributed by atoms with E-state index in [4.69, 9.17) is 16.3 Å². The summed E-state index contributed by atoms with van der Waals surface area (Å²) >= 11 is 5.91. The van der Waals surface area contributed by atoms with Crippen molar-refractivity contribution in [2.75, 3.05) is 13.7 Å². The van der Waals surface area contributed by atoms with Gasteiger partial charge in [0.05, 0.1) is 13.2 Å². The standard InChI is InChI=1S/C16H17ClFNO/c1-3-19-16(11-4-7-13(17)8-5-11)12-6-9-15(20-2)14(18)10-12/h4-10,16,19H,3H2,1-2H3. The van der Waals surface area contributed by atoms with Crippen molar-refractivity contribution in [3.8, 4) is 5.75 Å². The second-order valence-electron chi connectivity index (χ2n) is 4.44. The predicted molar refractivity (Wildman–Crippen MR) is 79.9 cm³/mol. The smallest absolute Gasteiger partial charge is 0.165 e. The van der Waals surface area contributed by atoms with Crippen LogP contribution < -0.4 is 10.1 Å². The Hall–Kier alpha value is -1.58. The molecule has 0 fully saturated rings. The molecule has 0 amide bonds. The molecule has 0 heterocycles. The molecule has 4 heteroatoms. The SMILES string of the molecule is CCNC(c1ccc(Cl)cc1)c1ccc(OC)c(F)c1. The van der Waals surface area contributed by atoms with Crippen LogP contribution in [0.25, 0.3) is 0 Å². The highest BCUT2D eigenvalue weighted by Gasteiger charge is 2.15. The van der Waals surface area contributed by atoms with E-state index >= 15 is 0 Å². The van der Waals surface area contributed by atoms with Gasteiger partial charge in [0, 0.05) is 5.02 Å². The third-order valence-electron chi connectivity index (χ3n) is 3.12. The highest BCUT2D eigenvalue weighted by atomic mass is 35.5. The van der Waals surface area contributed by atoms with Crippen molar-refractivity contribution in [3.05, 3.63) is 64.4 Å². The van der Waals surface area contributed by atoms with Gasteiger partial charge in [0.1, 0.15) is 0 Å². The van der Waals surface area contributed by atoms with Crippen LogP contribution in [0.1, 0.15) is 24.1 Å². The summed E-state index contributed by atoms with van der Waals surface area (Å²) < 4.78 is 18.8. The largest absolute Gasteiger partial charge is 0.494 e. The number of ether oxygens (including phenoxy) is 1. The molecule has 2 aromatic carbocycles. The van der Waals surface area contributed by atoms with E-state index in [1.54, 1.807) is 6.07 Å². The van der Waals surface area contributed by atoms with Crippen LogP contribution in [0, 0.1) is 5.82 Å². The zero-order chi connectivity index (χ0) is 14.5. The van der Waals surface area contributed by atoms with E-state index in [9.17, 15) is 4.39 Å². The Morgan fingerprint density at radius 1 is 1.15 bits per heavy atom. The molecule has 0 aliphatic heterocycles. The van der Waals surface area contributed by atoms with E-state index < -0.39 is 0 Å². The van der Waals surface area contributed by atoms with Gasteiger partial charge < -0.3 is 10.1 Å². The molecule has 2 nitrogen and oxygen atoms in total. The molecule has 0 spiro atoms. The van der Waals surface area contributed by atoms with Gasteiger partial charge in [-0.3, -0.25) is 0 Å². The van der Waals surface area contributed by atoms with Crippen LogP contribution in [-0.4, -0.2) is 13.7 Å². The van der Waals surface area contributed by atoms with Gasteiger partial charge >= 0.3 is 0 Å². The van der Waals surface area contributed by atoms with Crippen molar-refractivity contribution >= 4 is 11.6 Å². The summed E-state index contributed by atoms with van der Waals surface area (Å²) in [6.07, 6.45) is 0. The van der Waals surface area contributed by atoms with Crippen LogP contribution in [0.4, 0.5) is 4.39 Å². The molecule has 0 aliphatic carbocycles. The number of nitrogens with one attached hydrogen (secondary N) is 1. The first-order chi connectivity index (χ1) is 9.65. The van der Waals surface area contributed by atoms with Gasteiger partial charge in [0.2, 0.25) is 0 Å². The molecule has 1 N–H and O–H groups in total. The fraction of sp³-hybridized carbons (Fsp3) is 0.250. The first kappa shape index (κ1) is 14.8. The third-order valence-corrected chi connectivity index (χ3v) is 3.37. The number of methoxy groups -OCH3 is 1. The maximum atomic E-state index is 13.9. The molecule has 0 bridgehead atoms. The van der Waals surface area contributed by atoms with Crippen LogP contribution in [-0.2, 0) is 0 Å². The maximum Gasteiger partial charge on any atom is 0.165 e. The molecule has 1 unspecified atom stereocenters. The third kappa shape index (κ3) is 3.30. The first-order valence-electron chi connectivity index (χ1n) is 6.48. The Balaban J connectivity index is 2.37. The zero-order valence-electron chi connectivity index (χ0n) is 11.5. The molecule has 106 valence electrons. The summed E-state index contributed by atoms with van der Waals surface area (Å²) in [4.78, 5) is 0. The Kier molecular flexibility index (Phi) is 4.99. The topological polar surface area (TPSA) is 21.3 Å². The molecule has 2 rings (SSSR count). The second kappa shape index (κ2) is 6.73. The monoisotopic (exact) mass is 293 g/mol. The van der Waals surface area contributed by atoms with E-state index in [-0.39, 0.29) is 17.6 Å². The lowest BCUT2D eigenvalue weighted by Gasteiger charge is -2.19. The average molecular weight is 294 g/mol. The molecule has 0 saturated heterocycles. The van der Waals surface area contributed by atoms with Gasteiger partial charge in [-0.25, -0.2) is 4.39 Å². The van der Waals surface area contributed by atoms with Crippen molar-refractivity contribution in [1.29, 1.82) is 0 Å². The first-order valence-corrected chi connectivity index (χ1v) is 6.85. The molecule has 20 heavy (non-hydrogen) atoms. The summed E-state index contributed by atoms with van der Waals surface area (Å²) in [6, 6.07) is 12.5. The highest BCUT2D eigenvalue weighted by molar-refractivity contribution is 6.30. The number of hydrogen-bond acceptors (Lipinski definition) is 2. The normalized spacial score (nSPS) is 12.2. The maximum absolute atomic E-state index is 13.9. The van der Waals surface area contributed by atoms with E-state index in [2.05, 4.69) is 5.32 Å². The quantitative estimate of drug-likeness (QED) is 0.892. The highest BCUT2D eigenvalue weighted by Crippen LogP contribution is 2.27. The molecule has 1 atom stereocenters. The second-order valence-corrected chi connectivity index (χ2v) is 4.87. The minimum absolute atomic E-state index is 0.0716. The summed E-state index contributed by atoms with van der Waals surface area (Å²) in [5, 5.41) is 4.03. The van der Waals surface area contributed by atoms with E-state index in [1.807, 2.05) is 37.3 Å². The minimum Gasteiger partial charge on any atom is -0.494 e. The van der Waals surface area contributed by atoms with Crippen LogP contribution in [0.3, 0.4) is 0 Å². The summed E-state index contributed by atoms with van der Waals surface area (Å²) in [7, 11) is 1.46. The molecule has 0 radical (unpaired) electrons. The number of rotatable bonds is 5. The van der Waals surface area contributed by atoms with Gasteiger partial charge in [0.15, 0.2) is 11.6 Å². The van der Waals surface area contributed by atoms with E-state index in [1.165, 1.54) is 13.2 Å². The molecule has 0 aromatic heterocycles. The zero-order valence-corrected chi connectivity index (χ0v) is 12.2. The van der Waals surface area contributed by atoms with Crippen LogP contribution in [0.2, 0.25) is 5.02 Å². The molecule has 0 aliphatic rings. The van der Waals surface area contributed by atoms with Gasteiger partial charge in [-0.1, -0.05) is 36.7 Å². The van der Waals surface area contributed by atoms with Gasteiger partial charge in [0.25, 0.3) is 0 Å². The van der Waals surface area contributed by atoms with Crippen LogP contribution >= 0.6 is 11.6 Å². The van der Waals surface area contributed by atoms with Crippen molar-refractivity contribution in [1.82, 2.24) is 5.32 Å². The number of hydrogen-bond donors (Lipinski definition) is 1. The fourth-order valence-corrected chi connectivity index (χ4v) is 2.28. The van der Waals surface area contributed by atoms with E-state index in [0.29, 0.717) is 5.02 Å². The molecule has 0 saturated carbocycles. The van der Waals surface area contributed by atoms with Gasteiger partial charge in [-0.05, 0) is 41.9 Å². The van der Waals surface area contributed by atoms with Crippen molar-refractivity contribution in [2.24, 2.45) is 0 Å². The van der Waals surface area contributed by atoms with Gasteiger partial charge in [-0.2, -0.15) is 0 Å². The van der Waals surface area contributed by atoms with Crippen molar-refractivity contribution < 1.29 is 9.13 Å². The summed E-state index contributed by atoms with van der Waals surface area (Å²) in [5.41, 5.74) is 1.90. The molecular formula is C16H17ClFNO. The predicted octanol–water partition coefficient (Wildman–Crippen LogP) is 4.19. The lowest BCUT2D eigenvalue weighted by molar-refractivity contribution is 0.385. The molecular weight excluding hydrogens is 277 g/mol. The lowest BCUT2D eigenvalue weighted by atomic mass is 9.98. The Labute approximate surface area is 123 Å². The summed E-state index contributed by atoms with van der Waals surface area (Å²) in [5.74, 6) is -0.109. The van der Waals surface area contributed by atoms with Gasteiger partial charge in [-0.15, -0.1) is 0 Å². The number of halogens is 2. The van der Waals surface area contributed by atoms with Crippen molar-refractivity contribution in [3.63, 3.8) is 0 Å². The van der Waals surface area contributed by atoms with E-state index in [0.717, 1.165) is 17.7 Å². The Morgan fingerprint density at radius 2 is 1.80 bits per heavy atom.